The Hall–Kier alpha value is -3.51. The van der Waals surface area contributed by atoms with E-state index in [0.717, 1.165) is 17.7 Å². The van der Waals surface area contributed by atoms with Crippen molar-refractivity contribution in [3.63, 3.8) is 0 Å². The molecule has 156 valence electrons. The Bertz CT molecular complexity index is 1370. The first-order chi connectivity index (χ1) is 14.9. The van der Waals surface area contributed by atoms with E-state index in [2.05, 4.69) is 0 Å². The van der Waals surface area contributed by atoms with Gasteiger partial charge in [-0.25, -0.2) is 13.6 Å². The first-order valence-electron chi connectivity index (χ1n) is 9.34. The summed E-state index contributed by atoms with van der Waals surface area (Å²) in [6.07, 6.45) is 0. The molecule has 0 aliphatic rings. The maximum atomic E-state index is 14.9. The molecule has 0 aliphatic heterocycles. The molecule has 7 heteroatoms. The lowest BCUT2D eigenvalue weighted by Gasteiger charge is -2.19. The monoisotopic (exact) mass is 439 g/mol. The lowest BCUT2D eigenvalue weighted by atomic mass is 9.95. The van der Waals surface area contributed by atoms with Crippen molar-refractivity contribution in [2.24, 2.45) is 0 Å². The second kappa shape index (κ2) is 8.32. The van der Waals surface area contributed by atoms with E-state index in [4.69, 9.17) is 16.3 Å². The number of benzene rings is 3. The summed E-state index contributed by atoms with van der Waals surface area (Å²) in [5.41, 5.74) is 0.223. The Balaban J connectivity index is 2.17. The Morgan fingerprint density at radius 3 is 2.42 bits per heavy atom. The van der Waals surface area contributed by atoms with Crippen LogP contribution in [0, 0.1) is 11.6 Å². The van der Waals surface area contributed by atoms with Crippen LogP contribution in [0.3, 0.4) is 0 Å². The highest BCUT2D eigenvalue weighted by Crippen LogP contribution is 2.35. The van der Waals surface area contributed by atoms with Crippen molar-refractivity contribution in [1.82, 2.24) is 4.57 Å². The molecule has 0 amide bonds. The van der Waals surface area contributed by atoms with Crippen LogP contribution in [0.5, 0.6) is 0 Å². The Morgan fingerprint density at radius 2 is 1.74 bits per heavy atom. The van der Waals surface area contributed by atoms with Crippen molar-refractivity contribution in [2.45, 2.75) is 6.54 Å². The number of hydrogen-bond acceptors (Lipinski definition) is 3. The molecule has 4 nitrogen and oxygen atoms in total. The van der Waals surface area contributed by atoms with Crippen molar-refractivity contribution in [3.05, 3.63) is 105 Å². The highest BCUT2D eigenvalue weighted by molar-refractivity contribution is 6.31. The van der Waals surface area contributed by atoms with E-state index < -0.39 is 23.2 Å². The summed E-state index contributed by atoms with van der Waals surface area (Å²) < 4.78 is 34.6. The zero-order valence-corrected chi connectivity index (χ0v) is 17.1. The van der Waals surface area contributed by atoms with E-state index in [9.17, 15) is 18.4 Å². The number of pyridine rings is 1. The van der Waals surface area contributed by atoms with Crippen LogP contribution in [0.4, 0.5) is 8.78 Å². The van der Waals surface area contributed by atoms with Crippen LogP contribution in [-0.2, 0) is 11.3 Å². The van der Waals surface area contributed by atoms with E-state index in [1.165, 1.54) is 29.9 Å². The number of carbonyl (C=O) groups is 1. The molecule has 4 aromatic rings. The number of halogens is 3. The second-order valence-corrected chi connectivity index (χ2v) is 7.34. The highest BCUT2D eigenvalue weighted by atomic mass is 35.5. The van der Waals surface area contributed by atoms with Crippen LogP contribution in [-0.4, -0.2) is 17.6 Å². The number of methoxy groups -OCH3 is 1. The van der Waals surface area contributed by atoms with Gasteiger partial charge in [0.15, 0.2) is 0 Å². The second-order valence-electron chi connectivity index (χ2n) is 6.91. The first-order valence-corrected chi connectivity index (χ1v) is 9.72. The van der Waals surface area contributed by atoms with Crippen LogP contribution >= 0.6 is 11.6 Å². The van der Waals surface area contributed by atoms with Crippen molar-refractivity contribution < 1.29 is 18.3 Å². The Labute approximate surface area is 181 Å². The molecule has 0 saturated heterocycles. The van der Waals surface area contributed by atoms with E-state index in [0.29, 0.717) is 5.02 Å². The van der Waals surface area contributed by atoms with Crippen LogP contribution in [0.25, 0.3) is 21.9 Å². The van der Waals surface area contributed by atoms with Gasteiger partial charge in [0.25, 0.3) is 5.56 Å². The smallest absolute Gasteiger partial charge is 0.355 e. The largest absolute Gasteiger partial charge is 0.464 e. The first kappa shape index (κ1) is 20.8. The number of esters is 1. The Kier molecular flexibility index (Phi) is 5.57. The predicted octanol–water partition coefficient (Wildman–Crippen LogP) is 5.44. The molecule has 3 aromatic carbocycles. The molecule has 1 aromatic heterocycles. The maximum absolute atomic E-state index is 14.9. The lowest BCUT2D eigenvalue weighted by Crippen LogP contribution is -2.28. The minimum atomic E-state index is -0.878. The summed E-state index contributed by atoms with van der Waals surface area (Å²) in [6, 6.07) is 16.6. The molecule has 0 radical (unpaired) electrons. The van der Waals surface area contributed by atoms with Crippen LogP contribution < -0.4 is 5.56 Å². The van der Waals surface area contributed by atoms with Gasteiger partial charge in [-0.2, -0.15) is 0 Å². The zero-order valence-electron chi connectivity index (χ0n) is 16.4. The third kappa shape index (κ3) is 3.82. The summed E-state index contributed by atoms with van der Waals surface area (Å²) in [5.74, 6) is -2.47. The molecule has 0 bridgehead atoms. The predicted molar refractivity (Wildman–Crippen MR) is 115 cm³/mol. The van der Waals surface area contributed by atoms with Crippen LogP contribution in [0.1, 0.15) is 16.1 Å². The number of fused-ring (bicyclic) bond motifs is 1. The average Bonchev–Trinajstić information content (AvgIpc) is 2.76. The Morgan fingerprint density at radius 1 is 1.00 bits per heavy atom. The van der Waals surface area contributed by atoms with Gasteiger partial charge < -0.3 is 4.74 Å². The van der Waals surface area contributed by atoms with Gasteiger partial charge in [-0.3, -0.25) is 9.36 Å². The summed E-state index contributed by atoms with van der Waals surface area (Å²) in [5, 5.41) is 0.812. The molecule has 31 heavy (non-hydrogen) atoms. The standard InChI is InChI=1S/C24H16ClF2NO3/c1-31-24(30)22-21(18-10-8-16(26)12-20(18)27)19-11-15(25)7-9-17(19)23(29)28(22)13-14-5-3-2-4-6-14/h2-12H,13H2,1H3. The summed E-state index contributed by atoms with van der Waals surface area (Å²) in [6.45, 7) is 0.0541. The molecule has 0 atom stereocenters. The summed E-state index contributed by atoms with van der Waals surface area (Å²) >= 11 is 6.15. The molecular weight excluding hydrogens is 424 g/mol. The number of ether oxygens (including phenoxy) is 1. The van der Waals surface area contributed by atoms with Gasteiger partial charge in [0.1, 0.15) is 17.3 Å². The number of hydrogen-bond donors (Lipinski definition) is 0. The van der Waals surface area contributed by atoms with Gasteiger partial charge in [0.05, 0.1) is 13.7 Å². The van der Waals surface area contributed by atoms with E-state index in [1.807, 2.05) is 6.07 Å². The average molecular weight is 440 g/mol. The van der Waals surface area contributed by atoms with Crippen LogP contribution in [0.2, 0.25) is 5.02 Å². The molecule has 0 N–H and O–H groups in total. The van der Waals surface area contributed by atoms with Crippen molar-refractivity contribution in [2.75, 3.05) is 7.11 Å². The zero-order chi connectivity index (χ0) is 22.1. The van der Waals surface area contributed by atoms with Crippen molar-refractivity contribution in [3.8, 4) is 11.1 Å². The molecule has 0 aliphatic carbocycles. The molecule has 0 fully saturated rings. The molecule has 1 heterocycles. The maximum Gasteiger partial charge on any atom is 0.355 e. The minimum absolute atomic E-state index is 0.0455. The van der Waals surface area contributed by atoms with E-state index >= 15 is 0 Å². The molecule has 4 rings (SSSR count). The minimum Gasteiger partial charge on any atom is -0.464 e. The third-order valence-corrected chi connectivity index (χ3v) is 5.23. The summed E-state index contributed by atoms with van der Waals surface area (Å²) in [7, 11) is 1.17. The fourth-order valence-electron chi connectivity index (χ4n) is 3.61. The van der Waals surface area contributed by atoms with Gasteiger partial charge in [-0.05, 0) is 41.3 Å². The van der Waals surface area contributed by atoms with E-state index in [-0.39, 0.29) is 34.1 Å². The van der Waals surface area contributed by atoms with Gasteiger partial charge >= 0.3 is 5.97 Å². The summed E-state index contributed by atoms with van der Waals surface area (Å²) in [4.78, 5) is 26.2. The van der Waals surface area contributed by atoms with Gasteiger partial charge in [-0.15, -0.1) is 0 Å². The van der Waals surface area contributed by atoms with Crippen LogP contribution in [0.15, 0.2) is 71.5 Å². The number of aromatic nitrogens is 1. The SMILES string of the molecule is COC(=O)c1c(-c2ccc(F)cc2F)c2cc(Cl)ccc2c(=O)n1Cc1ccccc1. The van der Waals surface area contributed by atoms with E-state index in [1.54, 1.807) is 30.3 Å². The quantitative estimate of drug-likeness (QED) is 0.398. The lowest BCUT2D eigenvalue weighted by molar-refractivity contribution is 0.0588. The number of carbonyl (C=O) groups excluding carboxylic acids is 1. The normalized spacial score (nSPS) is 11.0. The van der Waals surface area contributed by atoms with Gasteiger partial charge in [-0.1, -0.05) is 41.9 Å². The fraction of sp³-hybridized carbons (Fsp3) is 0.0833. The van der Waals surface area contributed by atoms with Gasteiger partial charge in [0.2, 0.25) is 0 Å². The fourth-order valence-corrected chi connectivity index (χ4v) is 3.78. The van der Waals surface area contributed by atoms with Crippen molar-refractivity contribution >= 4 is 28.3 Å². The third-order valence-electron chi connectivity index (χ3n) is 5.00. The molecule has 0 unspecified atom stereocenters. The number of rotatable bonds is 4. The topological polar surface area (TPSA) is 48.3 Å². The highest BCUT2D eigenvalue weighted by Gasteiger charge is 2.26. The van der Waals surface area contributed by atoms with Crippen molar-refractivity contribution in [1.29, 1.82) is 0 Å². The number of nitrogens with zero attached hydrogens (tertiary/aromatic N) is 1. The molecule has 0 spiro atoms. The molecule has 0 saturated carbocycles. The van der Waals surface area contributed by atoms with Gasteiger partial charge in [0, 0.05) is 27.6 Å². The molecular formula is C24H16ClF2NO3.